The molecule has 0 aliphatic heterocycles. The van der Waals surface area contributed by atoms with Crippen molar-refractivity contribution in [2.75, 3.05) is 0 Å². The Morgan fingerprint density at radius 1 is 1.50 bits per heavy atom. The highest BCUT2D eigenvalue weighted by Gasteiger charge is 2.37. The molecule has 2 N–H and O–H groups in total. The molecule has 1 fully saturated rings. The van der Waals surface area contributed by atoms with Crippen molar-refractivity contribution in [1.82, 2.24) is 10.1 Å². The van der Waals surface area contributed by atoms with Gasteiger partial charge in [-0.15, -0.1) is 11.3 Å². The fourth-order valence-electron chi connectivity index (χ4n) is 2.82. The van der Waals surface area contributed by atoms with E-state index in [4.69, 9.17) is 33.5 Å². The average molecular weight is 332 g/mol. The number of nitrogens with two attached hydrogens (primary N) is 1. The summed E-state index contributed by atoms with van der Waals surface area (Å²) in [7, 11) is 0. The van der Waals surface area contributed by atoms with Gasteiger partial charge in [0.05, 0.1) is 15.4 Å². The topological polar surface area (TPSA) is 64.9 Å². The first-order chi connectivity index (χ1) is 9.48. The van der Waals surface area contributed by atoms with Gasteiger partial charge >= 0.3 is 0 Å². The average Bonchev–Trinajstić information content (AvgIpc) is 2.95. The predicted octanol–water partition coefficient (Wildman–Crippen LogP) is 4.47. The molecule has 0 radical (unpaired) electrons. The molecule has 0 saturated heterocycles. The second-order valence-corrected chi connectivity index (χ2v) is 7.80. The van der Waals surface area contributed by atoms with Crippen molar-refractivity contribution in [3.63, 3.8) is 0 Å². The fraction of sp³-hybridized carbons (Fsp3) is 0.538. The molecule has 2 aromatic heterocycles. The van der Waals surface area contributed by atoms with Crippen molar-refractivity contribution in [1.29, 1.82) is 0 Å². The molecule has 1 aliphatic carbocycles. The summed E-state index contributed by atoms with van der Waals surface area (Å²) in [6, 6.07) is 1.73. The predicted molar refractivity (Wildman–Crippen MR) is 81.1 cm³/mol. The lowest BCUT2D eigenvalue weighted by Crippen LogP contribution is -2.42. The summed E-state index contributed by atoms with van der Waals surface area (Å²) in [5.74, 6) is 1.53. The summed E-state index contributed by atoms with van der Waals surface area (Å²) in [5, 5.41) is 4.06. The van der Waals surface area contributed by atoms with Crippen molar-refractivity contribution in [3.8, 4) is 11.5 Å². The van der Waals surface area contributed by atoms with Gasteiger partial charge in [-0.1, -0.05) is 48.1 Å². The van der Waals surface area contributed by atoms with E-state index in [1.807, 2.05) is 0 Å². The third-order valence-corrected chi connectivity index (χ3v) is 5.28. The molecule has 2 aromatic rings. The van der Waals surface area contributed by atoms with Crippen LogP contribution in [-0.4, -0.2) is 10.1 Å². The van der Waals surface area contributed by atoms with Crippen LogP contribution in [0.3, 0.4) is 0 Å². The van der Waals surface area contributed by atoms with Gasteiger partial charge in [-0.05, 0) is 24.8 Å². The number of rotatable bonds is 2. The van der Waals surface area contributed by atoms with Crippen LogP contribution in [0.4, 0.5) is 0 Å². The zero-order valence-corrected chi connectivity index (χ0v) is 13.4. The number of aromatic nitrogens is 2. The van der Waals surface area contributed by atoms with Crippen LogP contribution in [0, 0.1) is 5.92 Å². The quantitative estimate of drug-likeness (QED) is 0.881. The molecule has 4 nitrogen and oxygen atoms in total. The SMILES string of the molecule is CC1CCCC(N)(c2noc(-c3cc(Cl)sc3Cl)n2)C1. The van der Waals surface area contributed by atoms with E-state index in [2.05, 4.69) is 17.1 Å². The molecule has 1 aliphatic rings. The van der Waals surface area contributed by atoms with Crippen molar-refractivity contribution in [3.05, 3.63) is 20.6 Å². The Kier molecular flexibility index (Phi) is 3.79. The maximum absolute atomic E-state index is 6.46. The molecule has 0 amide bonds. The maximum atomic E-state index is 6.46. The Morgan fingerprint density at radius 3 is 2.95 bits per heavy atom. The molecule has 0 bridgehead atoms. The van der Waals surface area contributed by atoms with Crippen molar-refractivity contribution in [2.24, 2.45) is 11.7 Å². The van der Waals surface area contributed by atoms with Crippen LogP contribution >= 0.6 is 34.5 Å². The highest BCUT2D eigenvalue weighted by molar-refractivity contribution is 7.20. The van der Waals surface area contributed by atoms with Crippen LogP contribution in [0.5, 0.6) is 0 Å². The van der Waals surface area contributed by atoms with E-state index in [1.165, 1.54) is 17.8 Å². The summed E-state index contributed by atoms with van der Waals surface area (Å²) >= 11 is 13.3. The van der Waals surface area contributed by atoms with Crippen LogP contribution in [0.2, 0.25) is 8.67 Å². The zero-order chi connectivity index (χ0) is 14.3. The highest BCUT2D eigenvalue weighted by Crippen LogP contribution is 2.40. The van der Waals surface area contributed by atoms with Crippen molar-refractivity contribution >= 4 is 34.5 Å². The first kappa shape index (κ1) is 14.3. The van der Waals surface area contributed by atoms with Gasteiger partial charge in [-0.2, -0.15) is 4.98 Å². The van der Waals surface area contributed by atoms with E-state index in [0.29, 0.717) is 31.9 Å². The summed E-state index contributed by atoms with van der Waals surface area (Å²) in [4.78, 5) is 4.45. The van der Waals surface area contributed by atoms with E-state index in [9.17, 15) is 0 Å². The van der Waals surface area contributed by atoms with E-state index in [-0.39, 0.29) is 0 Å². The Balaban J connectivity index is 1.92. The van der Waals surface area contributed by atoms with Crippen molar-refractivity contribution < 1.29 is 4.52 Å². The molecular weight excluding hydrogens is 317 g/mol. The number of halogens is 2. The van der Waals surface area contributed by atoms with E-state index >= 15 is 0 Å². The van der Waals surface area contributed by atoms with E-state index in [1.54, 1.807) is 6.07 Å². The molecule has 2 atom stereocenters. The first-order valence-corrected chi connectivity index (χ1v) is 8.13. The molecule has 108 valence electrons. The molecule has 2 heterocycles. The molecule has 0 spiro atoms. The van der Waals surface area contributed by atoms with Gasteiger partial charge in [-0.3, -0.25) is 0 Å². The summed E-state index contributed by atoms with van der Waals surface area (Å²) in [6.45, 7) is 2.21. The highest BCUT2D eigenvalue weighted by atomic mass is 35.5. The van der Waals surface area contributed by atoms with Crippen LogP contribution in [0.1, 0.15) is 38.4 Å². The molecule has 3 rings (SSSR count). The Bertz CT molecular complexity index is 627. The molecule has 2 unspecified atom stereocenters. The standard InChI is InChI=1S/C13H15Cl2N3OS/c1-7-3-2-4-13(16,6-7)12-17-11(19-18-12)8-5-9(14)20-10(8)15/h5,7H,2-4,6,16H2,1H3. The summed E-state index contributed by atoms with van der Waals surface area (Å²) in [6.07, 6.45) is 4.06. The first-order valence-electron chi connectivity index (χ1n) is 6.56. The van der Waals surface area contributed by atoms with Gasteiger partial charge in [0, 0.05) is 0 Å². The maximum Gasteiger partial charge on any atom is 0.260 e. The third kappa shape index (κ3) is 2.60. The number of hydrogen-bond donors (Lipinski definition) is 1. The molecule has 1 saturated carbocycles. The number of thiophene rings is 1. The lowest BCUT2D eigenvalue weighted by Gasteiger charge is -2.33. The summed E-state index contributed by atoms with van der Waals surface area (Å²) in [5.41, 5.74) is 6.64. The smallest absolute Gasteiger partial charge is 0.260 e. The van der Waals surface area contributed by atoms with Gasteiger partial charge in [0.15, 0.2) is 5.82 Å². The molecule has 20 heavy (non-hydrogen) atoms. The zero-order valence-electron chi connectivity index (χ0n) is 11.0. The monoisotopic (exact) mass is 331 g/mol. The van der Waals surface area contributed by atoms with Gasteiger partial charge in [-0.25, -0.2) is 0 Å². The van der Waals surface area contributed by atoms with Gasteiger partial charge < -0.3 is 10.3 Å². The number of nitrogens with zero attached hydrogens (tertiary/aromatic N) is 2. The summed E-state index contributed by atoms with van der Waals surface area (Å²) < 4.78 is 6.47. The van der Waals surface area contributed by atoms with Crippen LogP contribution in [-0.2, 0) is 5.54 Å². The van der Waals surface area contributed by atoms with Gasteiger partial charge in [0.1, 0.15) is 4.34 Å². The Labute approximate surface area is 131 Å². The van der Waals surface area contributed by atoms with Crippen LogP contribution in [0.15, 0.2) is 10.6 Å². The van der Waals surface area contributed by atoms with E-state index in [0.717, 1.165) is 19.3 Å². The van der Waals surface area contributed by atoms with Crippen LogP contribution < -0.4 is 5.73 Å². The van der Waals surface area contributed by atoms with Crippen molar-refractivity contribution in [2.45, 2.75) is 38.1 Å². The third-order valence-electron chi connectivity index (χ3n) is 3.79. The minimum atomic E-state index is -0.494. The fourth-order valence-corrected chi connectivity index (χ4v) is 4.26. The van der Waals surface area contributed by atoms with Crippen LogP contribution in [0.25, 0.3) is 11.5 Å². The lowest BCUT2D eigenvalue weighted by atomic mass is 9.76. The van der Waals surface area contributed by atoms with E-state index < -0.39 is 5.54 Å². The Morgan fingerprint density at radius 2 is 2.30 bits per heavy atom. The Hall–Kier alpha value is -0.620. The minimum Gasteiger partial charge on any atom is -0.334 e. The second kappa shape index (κ2) is 5.30. The second-order valence-electron chi connectivity index (χ2n) is 5.52. The molecular formula is C13H15Cl2N3OS. The van der Waals surface area contributed by atoms with Gasteiger partial charge in [0.2, 0.25) is 0 Å². The normalized spacial score (nSPS) is 26.9. The lowest BCUT2D eigenvalue weighted by molar-refractivity contribution is 0.222. The molecule has 0 aromatic carbocycles. The molecule has 7 heteroatoms. The number of hydrogen-bond acceptors (Lipinski definition) is 5. The largest absolute Gasteiger partial charge is 0.334 e. The van der Waals surface area contributed by atoms with Gasteiger partial charge in [0.25, 0.3) is 5.89 Å². The minimum absolute atomic E-state index is 0.385.